The van der Waals surface area contributed by atoms with Crippen molar-refractivity contribution in [2.45, 2.75) is 13.8 Å². The molecule has 0 saturated heterocycles. The van der Waals surface area contributed by atoms with Gasteiger partial charge in [-0.1, -0.05) is 6.07 Å². The van der Waals surface area contributed by atoms with Gasteiger partial charge in [0.2, 0.25) is 5.89 Å². The van der Waals surface area contributed by atoms with Crippen LogP contribution in [-0.2, 0) is 0 Å². The van der Waals surface area contributed by atoms with E-state index in [1.54, 1.807) is 23.8 Å². The predicted molar refractivity (Wildman–Crippen MR) is 96.9 cm³/mol. The Balaban J connectivity index is 1.86. The van der Waals surface area contributed by atoms with Crippen molar-refractivity contribution in [1.82, 2.24) is 35.1 Å². The van der Waals surface area contributed by atoms with Crippen LogP contribution >= 0.6 is 0 Å². The number of fused-ring (bicyclic) bond motifs is 1. The van der Waals surface area contributed by atoms with Crippen LogP contribution in [0, 0.1) is 6.92 Å². The Hall–Kier alpha value is -3.82. The molecule has 0 fully saturated rings. The number of anilines is 1. The summed E-state index contributed by atoms with van der Waals surface area (Å²) in [6, 6.07) is 7.12. The number of aromatic nitrogens is 6. The third-order valence-corrected chi connectivity index (χ3v) is 3.74. The number of hydrogen-bond donors (Lipinski definition) is 2. The number of aryl methyl sites for hydroxylation is 1. The number of amides is 2. The molecule has 0 atom stereocenters. The molecule has 0 aromatic carbocycles. The zero-order valence-electron chi connectivity index (χ0n) is 14.7. The molecule has 0 aliphatic rings. The van der Waals surface area contributed by atoms with Crippen molar-refractivity contribution in [3.05, 3.63) is 42.5 Å². The van der Waals surface area contributed by atoms with E-state index in [0.29, 0.717) is 29.7 Å². The number of hydrogen-bond acceptors (Lipinski definition) is 7. The topological polar surface area (TPSA) is 123 Å². The number of carbonyl (C=O) groups excluding carboxylic acids is 1. The summed E-state index contributed by atoms with van der Waals surface area (Å²) in [6.07, 6.45) is 3.45. The predicted octanol–water partition coefficient (Wildman–Crippen LogP) is 2.29. The van der Waals surface area contributed by atoms with Gasteiger partial charge in [0.1, 0.15) is 5.69 Å². The van der Waals surface area contributed by atoms with Gasteiger partial charge in [0.05, 0.1) is 0 Å². The molecule has 0 unspecified atom stereocenters. The number of carbonyl (C=O) groups is 1. The molecular weight excluding hydrogens is 348 g/mol. The lowest BCUT2D eigenvalue weighted by Gasteiger charge is -2.05. The first kappa shape index (κ1) is 16.6. The summed E-state index contributed by atoms with van der Waals surface area (Å²) in [7, 11) is 0. The molecule has 10 nitrogen and oxygen atoms in total. The Morgan fingerprint density at radius 2 is 2.15 bits per heavy atom. The lowest BCUT2D eigenvalue weighted by Crippen LogP contribution is -2.28. The van der Waals surface area contributed by atoms with E-state index in [1.807, 2.05) is 31.2 Å². The molecule has 4 rings (SSSR count). The first-order chi connectivity index (χ1) is 13.1. The maximum atomic E-state index is 11.8. The number of rotatable bonds is 4. The second-order valence-electron chi connectivity index (χ2n) is 5.69. The van der Waals surface area contributed by atoms with Gasteiger partial charge in [0.25, 0.3) is 11.8 Å². The van der Waals surface area contributed by atoms with Crippen LogP contribution < -0.4 is 10.6 Å². The van der Waals surface area contributed by atoms with Gasteiger partial charge < -0.3 is 9.73 Å². The minimum atomic E-state index is -0.379. The average molecular weight is 364 g/mol. The Bertz CT molecular complexity index is 1100. The summed E-state index contributed by atoms with van der Waals surface area (Å²) >= 11 is 0. The van der Waals surface area contributed by atoms with Crippen LogP contribution in [0.15, 0.2) is 41.1 Å². The molecule has 0 spiro atoms. The third kappa shape index (κ3) is 3.32. The highest BCUT2D eigenvalue weighted by molar-refractivity contribution is 5.87. The fourth-order valence-electron chi connectivity index (χ4n) is 2.60. The van der Waals surface area contributed by atoms with Crippen LogP contribution in [0.3, 0.4) is 0 Å². The van der Waals surface area contributed by atoms with Crippen molar-refractivity contribution in [1.29, 1.82) is 0 Å². The first-order valence-electron chi connectivity index (χ1n) is 8.30. The highest BCUT2D eigenvalue weighted by Crippen LogP contribution is 2.27. The van der Waals surface area contributed by atoms with Crippen LogP contribution in [-0.4, -0.2) is 42.4 Å². The number of nitrogens with one attached hydrogen (secondary N) is 2. The van der Waals surface area contributed by atoms with Crippen LogP contribution in [0.1, 0.15) is 12.8 Å². The molecule has 0 aliphatic heterocycles. The minimum Gasteiger partial charge on any atom is -0.420 e. The summed E-state index contributed by atoms with van der Waals surface area (Å²) in [5, 5.41) is 17.5. The van der Waals surface area contributed by atoms with Gasteiger partial charge in [-0.05, 0) is 30.7 Å². The van der Waals surface area contributed by atoms with Gasteiger partial charge in [-0.2, -0.15) is 4.98 Å². The molecule has 0 aliphatic carbocycles. The lowest BCUT2D eigenvalue weighted by molar-refractivity contribution is 0.252. The van der Waals surface area contributed by atoms with Crippen molar-refractivity contribution in [3.63, 3.8) is 0 Å². The standard InChI is InChI=1S/C17H16N8O2/c1-3-19-17(26)21-16-20-14-8-12(11-5-4-6-18-9-11)7-13(25(14)24-16)15-23-22-10(2)27-15/h4-9H,3H2,1-2H3,(H2,19,21,24,26). The highest BCUT2D eigenvalue weighted by Gasteiger charge is 2.17. The molecule has 4 aromatic heterocycles. The quantitative estimate of drug-likeness (QED) is 0.569. The molecule has 0 radical (unpaired) electrons. The summed E-state index contributed by atoms with van der Waals surface area (Å²) < 4.78 is 7.12. The molecule has 0 bridgehead atoms. The van der Waals surface area contributed by atoms with E-state index in [4.69, 9.17) is 4.42 Å². The summed E-state index contributed by atoms with van der Waals surface area (Å²) in [4.78, 5) is 20.3. The normalized spacial score (nSPS) is 10.9. The van der Waals surface area contributed by atoms with E-state index in [-0.39, 0.29) is 12.0 Å². The Labute approximate surface area is 153 Å². The van der Waals surface area contributed by atoms with E-state index < -0.39 is 0 Å². The molecule has 2 N–H and O–H groups in total. The number of pyridine rings is 2. The zero-order chi connectivity index (χ0) is 18.8. The molecule has 4 heterocycles. The second kappa shape index (κ2) is 6.83. The van der Waals surface area contributed by atoms with Gasteiger partial charge in [-0.3, -0.25) is 10.3 Å². The largest absolute Gasteiger partial charge is 0.420 e. The molecular formula is C17H16N8O2. The SMILES string of the molecule is CCNC(=O)Nc1nc2cc(-c3cccnc3)cc(-c3nnc(C)o3)n2n1. The Morgan fingerprint density at radius 3 is 2.85 bits per heavy atom. The first-order valence-corrected chi connectivity index (χ1v) is 8.30. The zero-order valence-corrected chi connectivity index (χ0v) is 14.7. The monoisotopic (exact) mass is 364 g/mol. The van der Waals surface area contributed by atoms with Crippen LogP contribution in [0.4, 0.5) is 10.7 Å². The van der Waals surface area contributed by atoms with Crippen molar-refractivity contribution in [2.75, 3.05) is 11.9 Å². The van der Waals surface area contributed by atoms with Gasteiger partial charge in [-0.15, -0.1) is 15.3 Å². The molecule has 4 aromatic rings. The fourth-order valence-corrected chi connectivity index (χ4v) is 2.60. The van der Waals surface area contributed by atoms with E-state index in [9.17, 15) is 4.79 Å². The number of urea groups is 1. The van der Waals surface area contributed by atoms with E-state index >= 15 is 0 Å². The van der Waals surface area contributed by atoms with E-state index in [0.717, 1.165) is 11.1 Å². The Morgan fingerprint density at radius 1 is 1.26 bits per heavy atom. The van der Waals surface area contributed by atoms with Gasteiger partial charge in [0, 0.05) is 31.4 Å². The fraction of sp³-hybridized carbons (Fsp3) is 0.176. The van der Waals surface area contributed by atoms with Crippen LogP contribution in [0.2, 0.25) is 0 Å². The molecule has 136 valence electrons. The maximum Gasteiger partial charge on any atom is 0.321 e. The summed E-state index contributed by atoms with van der Waals surface area (Å²) in [5.74, 6) is 0.908. The second-order valence-corrected chi connectivity index (χ2v) is 5.69. The van der Waals surface area contributed by atoms with Crippen molar-refractivity contribution >= 4 is 17.6 Å². The minimum absolute atomic E-state index is 0.168. The summed E-state index contributed by atoms with van der Waals surface area (Å²) in [6.45, 7) is 4.03. The number of nitrogens with zero attached hydrogens (tertiary/aromatic N) is 6. The molecule has 2 amide bonds. The van der Waals surface area contributed by atoms with Crippen molar-refractivity contribution in [3.8, 4) is 22.7 Å². The highest BCUT2D eigenvalue weighted by atomic mass is 16.4. The third-order valence-electron chi connectivity index (χ3n) is 3.74. The van der Waals surface area contributed by atoms with Crippen molar-refractivity contribution in [2.24, 2.45) is 0 Å². The Kier molecular flexibility index (Phi) is 4.21. The molecule has 10 heteroatoms. The van der Waals surface area contributed by atoms with Crippen LogP contribution in [0.5, 0.6) is 0 Å². The van der Waals surface area contributed by atoms with E-state index in [1.165, 1.54) is 0 Å². The van der Waals surface area contributed by atoms with Gasteiger partial charge >= 0.3 is 6.03 Å². The van der Waals surface area contributed by atoms with E-state index in [2.05, 4.69) is 35.9 Å². The lowest BCUT2D eigenvalue weighted by atomic mass is 10.1. The molecule has 0 saturated carbocycles. The average Bonchev–Trinajstić information content (AvgIpc) is 3.27. The van der Waals surface area contributed by atoms with Gasteiger partial charge in [0.15, 0.2) is 5.65 Å². The van der Waals surface area contributed by atoms with Crippen LogP contribution in [0.25, 0.3) is 28.4 Å². The smallest absolute Gasteiger partial charge is 0.321 e. The molecule has 27 heavy (non-hydrogen) atoms. The summed E-state index contributed by atoms with van der Waals surface area (Å²) in [5.41, 5.74) is 2.84. The van der Waals surface area contributed by atoms with Gasteiger partial charge in [-0.25, -0.2) is 9.31 Å². The van der Waals surface area contributed by atoms with Crippen molar-refractivity contribution < 1.29 is 9.21 Å². The maximum absolute atomic E-state index is 11.8.